The second-order valence-electron chi connectivity index (χ2n) is 5.45. The van der Waals surface area contributed by atoms with Gasteiger partial charge in [-0.3, -0.25) is 10.1 Å². The quantitative estimate of drug-likeness (QED) is 0.660. The van der Waals surface area contributed by atoms with E-state index in [0.717, 1.165) is 31.7 Å². The molecule has 0 saturated carbocycles. The SMILES string of the molecule is CN(Cc1ccc(Br)c([N+](=O)[O-])c1)CC1CCCNC1. The zero-order valence-electron chi connectivity index (χ0n) is 11.6. The third kappa shape index (κ3) is 4.26. The first-order chi connectivity index (χ1) is 9.56. The van der Waals surface area contributed by atoms with Crippen LogP contribution in [0.25, 0.3) is 0 Å². The zero-order chi connectivity index (χ0) is 14.5. The fourth-order valence-electron chi connectivity index (χ4n) is 2.69. The van der Waals surface area contributed by atoms with Crippen LogP contribution >= 0.6 is 15.9 Å². The zero-order valence-corrected chi connectivity index (χ0v) is 13.2. The first-order valence-corrected chi connectivity index (χ1v) is 7.67. The Hall–Kier alpha value is -0.980. The molecule has 0 bridgehead atoms. The van der Waals surface area contributed by atoms with E-state index in [1.165, 1.54) is 12.8 Å². The fourth-order valence-corrected chi connectivity index (χ4v) is 3.08. The van der Waals surface area contributed by atoms with E-state index in [1.807, 2.05) is 6.07 Å². The van der Waals surface area contributed by atoms with E-state index >= 15 is 0 Å². The van der Waals surface area contributed by atoms with Gasteiger partial charge in [0.15, 0.2) is 0 Å². The van der Waals surface area contributed by atoms with Gasteiger partial charge in [0.2, 0.25) is 0 Å². The highest BCUT2D eigenvalue weighted by Crippen LogP contribution is 2.26. The van der Waals surface area contributed by atoms with Gasteiger partial charge in [-0.2, -0.15) is 0 Å². The van der Waals surface area contributed by atoms with Gasteiger partial charge >= 0.3 is 0 Å². The second-order valence-corrected chi connectivity index (χ2v) is 6.31. The summed E-state index contributed by atoms with van der Waals surface area (Å²) in [6.07, 6.45) is 2.50. The molecule has 1 fully saturated rings. The summed E-state index contributed by atoms with van der Waals surface area (Å²) in [6, 6.07) is 5.34. The summed E-state index contributed by atoms with van der Waals surface area (Å²) in [4.78, 5) is 12.8. The largest absolute Gasteiger partial charge is 0.316 e. The van der Waals surface area contributed by atoms with Crippen molar-refractivity contribution in [2.24, 2.45) is 5.92 Å². The van der Waals surface area contributed by atoms with Gasteiger partial charge in [0.05, 0.1) is 9.40 Å². The van der Waals surface area contributed by atoms with E-state index < -0.39 is 0 Å². The van der Waals surface area contributed by atoms with E-state index in [-0.39, 0.29) is 10.6 Å². The van der Waals surface area contributed by atoms with Gasteiger partial charge < -0.3 is 10.2 Å². The third-order valence-corrected chi connectivity index (χ3v) is 4.30. The first-order valence-electron chi connectivity index (χ1n) is 6.88. The molecule has 1 aliphatic rings. The maximum absolute atomic E-state index is 10.9. The van der Waals surface area contributed by atoms with Crippen molar-refractivity contribution < 1.29 is 4.92 Å². The van der Waals surface area contributed by atoms with Crippen molar-refractivity contribution in [3.8, 4) is 0 Å². The maximum Gasteiger partial charge on any atom is 0.283 e. The minimum atomic E-state index is -0.349. The molecule has 5 nitrogen and oxygen atoms in total. The molecule has 1 heterocycles. The Morgan fingerprint density at radius 2 is 2.35 bits per heavy atom. The van der Waals surface area contributed by atoms with Crippen LogP contribution in [0.5, 0.6) is 0 Å². The molecular weight excluding hydrogens is 322 g/mol. The van der Waals surface area contributed by atoms with Gasteiger partial charge in [0, 0.05) is 19.2 Å². The number of nitro groups is 1. The Labute approximate surface area is 127 Å². The molecule has 1 atom stereocenters. The number of nitrogens with zero attached hydrogens (tertiary/aromatic N) is 2. The number of hydrogen-bond donors (Lipinski definition) is 1. The Balaban J connectivity index is 1.95. The van der Waals surface area contributed by atoms with Crippen molar-refractivity contribution in [3.63, 3.8) is 0 Å². The van der Waals surface area contributed by atoms with Gasteiger partial charge in [-0.15, -0.1) is 0 Å². The fraction of sp³-hybridized carbons (Fsp3) is 0.571. The lowest BCUT2D eigenvalue weighted by atomic mass is 9.99. The molecule has 0 aliphatic carbocycles. The van der Waals surface area contributed by atoms with Crippen LogP contribution in [0.15, 0.2) is 22.7 Å². The van der Waals surface area contributed by atoms with Crippen LogP contribution in [0.2, 0.25) is 0 Å². The minimum absolute atomic E-state index is 0.134. The van der Waals surface area contributed by atoms with Crippen LogP contribution in [0.4, 0.5) is 5.69 Å². The Bertz CT molecular complexity index is 475. The summed E-state index contributed by atoms with van der Waals surface area (Å²) in [6.45, 7) is 3.96. The number of piperidine rings is 1. The number of rotatable bonds is 5. The lowest BCUT2D eigenvalue weighted by Crippen LogP contribution is -2.36. The number of halogens is 1. The molecule has 0 spiro atoms. The van der Waals surface area contributed by atoms with Crippen LogP contribution < -0.4 is 5.32 Å². The van der Waals surface area contributed by atoms with Crippen LogP contribution in [-0.2, 0) is 6.54 Å². The minimum Gasteiger partial charge on any atom is -0.316 e. The van der Waals surface area contributed by atoms with Crippen molar-refractivity contribution in [1.29, 1.82) is 0 Å². The Kier molecular flexibility index (Phi) is 5.51. The van der Waals surface area contributed by atoms with E-state index in [1.54, 1.807) is 12.1 Å². The van der Waals surface area contributed by atoms with Crippen LogP contribution in [0, 0.1) is 16.0 Å². The summed E-state index contributed by atoms with van der Waals surface area (Å²) in [5.41, 5.74) is 1.11. The first kappa shape index (κ1) is 15.4. The van der Waals surface area contributed by atoms with Crippen LogP contribution in [0.1, 0.15) is 18.4 Å². The topological polar surface area (TPSA) is 58.4 Å². The van der Waals surface area contributed by atoms with Crippen molar-refractivity contribution in [2.75, 3.05) is 26.7 Å². The van der Waals surface area contributed by atoms with Gasteiger partial charge in [-0.25, -0.2) is 0 Å². The number of nitro benzene ring substituents is 1. The molecule has 1 N–H and O–H groups in total. The number of nitrogens with one attached hydrogen (secondary N) is 1. The molecule has 1 aliphatic heterocycles. The summed E-state index contributed by atoms with van der Waals surface area (Å²) in [7, 11) is 2.07. The molecule has 20 heavy (non-hydrogen) atoms. The smallest absolute Gasteiger partial charge is 0.283 e. The van der Waals surface area contributed by atoms with Crippen molar-refractivity contribution >= 4 is 21.6 Å². The van der Waals surface area contributed by atoms with E-state index in [4.69, 9.17) is 0 Å². The van der Waals surface area contributed by atoms with Crippen molar-refractivity contribution in [3.05, 3.63) is 38.3 Å². The lowest BCUT2D eigenvalue weighted by molar-refractivity contribution is -0.385. The lowest BCUT2D eigenvalue weighted by Gasteiger charge is -2.27. The molecule has 0 amide bonds. The monoisotopic (exact) mass is 341 g/mol. The third-order valence-electron chi connectivity index (χ3n) is 3.63. The van der Waals surface area contributed by atoms with E-state index in [2.05, 4.69) is 33.2 Å². The summed E-state index contributed by atoms with van der Waals surface area (Å²) >= 11 is 3.21. The summed E-state index contributed by atoms with van der Waals surface area (Å²) in [5, 5.41) is 14.3. The highest BCUT2D eigenvalue weighted by Gasteiger charge is 2.16. The van der Waals surface area contributed by atoms with Gasteiger partial charge in [-0.05, 0) is 66.5 Å². The predicted octanol–water partition coefficient (Wildman–Crippen LogP) is 2.79. The molecule has 0 aromatic heterocycles. The highest BCUT2D eigenvalue weighted by atomic mass is 79.9. The molecule has 6 heteroatoms. The summed E-state index contributed by atoms with van der Waals surface area (Å²) in [5.74, 6) is 0.680. The standard InChI is InChI=1S/C14H20BrN3O2/c1-17(10-12-3-2-6-16-8-12)9-11-4-5-13(15)14(7-11)18(19)20/h4-5,7,12,16H,2-3,6,8-10H2,1H3. The highest BCUT2D eigenvalue weighted by molar-refractivity contribution is 9.10. The summed E-state index contributed by atoms with van der Waals surface area (Å²) < 4.78 is 0.533. The average molecular weight is 342 g/mol. The molecular formula is C14H20BrN3O2. The van der Waals surface area contributed by atoms with Gasteiger partial charge in [0.25, 0.3) is 5.69 Å². The van der Waals surface area contributed by atoms with Crippen molar-refractivity contribution in [2.45, 2.75) is 19.4 Å². The Morgan fingerprint density at radius 3 is 3.00 bits per heavy atom. The maximum atomic E-state index is 10.9. The van der Waals surface area contributed by atoms with Crippen LogP contribution in [0.3, 0.4) is 0 Å². The van der Waals surface area contributed by atoms with Gasteiger partial charge in [-0.1, -0.05) is 6.07 Å². The molecule has 1 unspecified atom stereocenters. The second kappa shape index (κ2) is 7.15. The number of benzene rings is 1. The predicted molar refractivity (Wildman–Crippen MR) is 82.7 cm³/mol. The average Bonchev–Trinajstić information content (AvgIpc) is 2.41. The normalized spacial score (nSPS) is 19.2. The molecule has 1 saturated heterocycles. The van der Waals surface area contributed by atoms with E-state index in [9.17, 15) is 10.1 Å². The van der Waals surface area contributed by atoms with Crippen molar-refractivity contribution in [1.82, 2.24) is 10.2 Å². The number of hydrogen-bond acceptors (Lipinski definition) is 4. The Morgan fingerprint density at radius 1 is 1.55 bits per heavy atom. The van der Waals surface area contributed by atoms with Gasteiger partial charge in [0.1, 0.15) is 0 Å². The molecule has 110 valence electrons. The molecule has 0 radical (unpaired) electrons. The van der Waals surface area contributed by atoms with Crippen LogP contribution in [-0.4, -0.2) is 36.5 Å². The molecule has 2 rings (SSSR count). The molecule has 1 aromatic rings. The molecule has 1 aromatic carbocycles. The van der Waals surface area contributed by atoms with E-state index in [0.29, 0.717) is 10.4 Å².